The van der Waals surface area contributed by atoms with E-state index in [9.17, 15) is 32.4 Å². The monoisotopic (exact) mass is 841 g/mol. The lowest BCUT2D eigenvalue weighted by molar-refractivity contribution is -0.142. The van der Waals surface area contributed by atoms with Crippen LogP contribution in [0.15, 0.2) is 48.1 Å². The van der Waals surface area contributed by atoms with Crippen LogP contribution < -0.4 is 30.1 Å². The van der Waals surface area contributed by atoms with Gasteiger partial charge in [0, 0.05) is 29.5 Å². The van der Waals surface area contributed by atoms with E-state index in [2.05, 4.69) is 32.5 Å². The van der Waals surface area contributed by atoms with E-state index in [1.807, 2.05) is 52.3 Å². The summed E-state index contributed by atoms with van der Waals surface area (Å²) in [5.74, 6) is -1.86. The van der Waals surface area contributed by atoms with Crippen molar-refractivity contribution in [3.05, 3.63) is 43.1 Å². The van der Waals surface area contributed by atoms with Crippen molar-refractivity contribution in [2.75, 3.05) is 13.7 Å². The molecule has 0 spiro atoms. The topological polar surface area (TPSA) is 224 Å². The predicted molar refractivity (Wildman–Crippen MR) is 220 cm³/mol. The molecule has 17 nitrogen and oxygen atoms in total. The Hall–Kier alpha value is -5.06. The molecule has 2 saturated carbocycles. The van der Waals surface area contributed by atoms with Gasteiger partial charge in [-0.25, -0.2) is 28.5 Å². The summed E-state index contributed by atoms with van der Waals surface area (Å²) in [6.07, 6.45) is 4.95. The molecule has 1 aromatic heterocycles. The Morgan fingerprint density at radius 1 is 1.07 bits per heavy atom. The number of benzene rings is 1. The zero-order valence-electron chi connectivity index (χ0n) is 35.8. The third-order valence-corrected chi connectivity index (χ3v) is 10.9. The fourth-order valence-corrected chi connectivity index (χ4v) is 7.58. The van der Waals surface area contributed by atoms with E-state index in [1.165, 1.54) is 17.1 Å². The maximum Gasteiger partial charge on any atom is 0.362 e. The molecule has 0 unspecified atom stereocenters. The smallest absolute Gasteiger partial charge is 0.362 e. The van der Waals surface area contributed by atoms with E-state index in [0.29, 0.717) is 24.0 Å². The number of carbonyl (C=O) groups is 4. The Kier molecular flexibility index (Phi) is 13.6. The first-order valence-electron chi connectivity index (χ1n) is 19.4. The highest BCUT2D eigenvalue weighted by molar-refractivity contribution is 7.85. The standard InChI is InChI=1S/C36H50N6O9S.C5H9NO/c1-10-22-19-36(22,31(45)41-52(47,48)51-35(8)14-15-35)39-28(43)26-18-24(50-29-25-12-11-23(49-9)17-21(25)13-16-37-29)20-42(26)30(44)27(33(2,3)4)38-32(46)40-34(5,6)7;1-5(2,3)6-4-7/h10-13,16-17,22,24,26-27H,1,14-15,18-20H2,2-9H3,(H,39,43)(H,41,45)(H2,38,40,46);1-3H3/t22-,24-,26+,27-,36-;/m1./s1. The number of urea groups is 1. The molecule has 324 valence electrons. The molecule has 5 rings (SSSR count). The normalized spacial score (nSPS) is 22.6. The molecule has 1 saturated heterocycles. The second-order valence-electron chi connectivity index (χ2n) is 18.6. The molecular formula is C41H59N7O10S. The molecule has 0 bridgehead atoms. The van der Waals surface area contributed by atoms with Crippen LogP contribution in [-0.2, 0) is 33.7 Å². The summed E-state index contributed by atoms with van der Waals surface area (Å²) in [6, 6.07) is 4.41. The van der Waals surface area contributed by atoms with Crippen molar-refractivity contribution in [2.45, 2.75) is 135 Å². The van der Waals surface area contributed by atoms with Crippen molar-refractivity contribution >= 4 is 50.9 Å². The Labute approximate surface area is 346 Å². The number of aromatic nitrogens is 1. The third kappa shape index (κ3) is 12.5. The summed E-state index contributed by atoms with van der Waals surface area (Å²) in [7, 11) is -2.91. The molecule has 1 aliphatic heterocycles. The van der Waals surface area contributed by atoms with Crippen molar-refractivity contribution in [1.82, 2.24) is 30.6 Å². The van der Waals surface area contributed by atoms with Crippen molar-refractivity contribution < 1.29 is 46.0 Å². The lowest BCUT2D eigenvalue weighted by Gasteiger charge is -2.36. The average Bonchev–Trinajstić information content (AvgIpc) is 3.97. The fraction of sp³-hybridized carbons (Fsp3) is 0.610. The van der Waals surface area contributed by atoms with E-state index in [1.54, 1.807) is 59.2 Å². The van der Waals surface area contributed by atoms with Crippen molar-refractivity contribution in [2.24, 2.45) is 16.3 Å². The number of fused-ring (bicyclic) bond motifs is 1. The lowest BCUT2D eigenvalue weighted by atomic mass is 9.85. The van der Waals surface area contributed by atoms with Crippen LogP contribution >= 0.6 is 0 Å². The van der Waals surface area contributed by atoms with Gasteiger partial charge in [-0.2, -0.15) is 8.42 Å². The van der Waals surface area contributed by atoms with Gasteiger partial charge in [0.2, 0.25) is 23.8 Å². The second-order valence-corrected chi connectivity index (χ2v) is 19.9. The number of amides is 5. The number of aliphatic imine (C=N–C) groups is 1. The van der Waals surface area contributed by atoms with Gasteiger partial charge in [-0.3, -0.25) is 14.4 Å². The lowest BCUT2D eigenvalue weighted by Crippen LogP contribution is -2.61. The van der Waals surface area contributed by atoms with Crippen LogP contribution in [0, 0.1) is 11.3 Å². The van der Waals surface area contributed by atoms with E-state index in [0.717, 1.165) is 5.39 Å². The van der Waals surface area contributed by atoms with Gasteiger partial charge in [-0.05, 0) is 103 Å². The zero-order chi connectivity index (χ0) is 44.4. The number of nitrogens with zero attached hydrogens (tertiary/aromatic N) is 3. The molecule has 2 aromatic rings. The van der Waals surface area contributed by atoms with Gasteiger partial charge in [-0.15, -0.1) is 6.58 Å². The minimum absolute atomic E-state index is 0.00701. The van der Waals surface area contributed by atoms with Gasteiger partial charge >= 0.3 is 16.3 Å². The third-order valence-electron chi connectivity index (χ3n) is 9.85. The molecule has 59 heavy (non-hydrogen) atoms. The van der Waals surface area contributed by atoms with E-state index in [-0.39, 0.29) is 30.8 Å². The van der Waals surface area contributed by atoms with Gasteiger partial charge < -0.3 is 30.3 Å². The fourth-order valence-electron chi connectivity index (χ4n) is 6.43. The molecular weight excluding hydrogens is 783 g/mol. The first kappa shape index (κ1) is 46.6. The van der Waals surface area contributed by atoms with E-state index < -0.39 is 80.3 Å². The number of hydrogen-bond acceptors (Lipinski definition) is 12. The Bertz CT molecular complexity index is 2100. The van der Waals surface area contributed by atoms with Crippen LogP contribution in [0.5, 0.6) is 11.6 Å². The van der Waals surface area contributed by atoms with Crippen LogP contribution in [0.25, 0.3) is 10.8 Å². The molecule has 3 aliphatic rings. The summed E-state index contributed by atoms with van der Waals surface area (Å²) < 4.78 is 44.3. The number of hydrogen-bond donors (Lipinski definition) is 4. The number of pyridine rings is 1. The molecule has 18 heteroatoms. The SMILES string of the molecule is C=C[C@@H]1C[C@]1(NC(=O)[C@@H]1C[C@@H](Oc2nccc3cc(OC)ccc23)CN1C(=O)[C@@H](NC(=O)NC(C)(C)C)C(C)(C)C)C(=O)NS(=O)(=O)OC1(C)CC1.CC(C)(C)N=C=O. The summed E-state index contributed by atoms with van der Waals surface area (Å²) >= 11 is 0. The number of methoxy groups -OCH3 is 1. The van der Waals surface area contributed by atoms with E-state index in [4.69, 9.17) is 13.7 Å². The molecule has 3 fully saturated rings. The highest BCUT2D eigenvalue weighted by atomic mass is 32.2. The number of carbonyl (C=O) groups excluding carboxylic acids is 5. The Balaban J connectivity index is 0.00000101. The number of likely N-dealkylation sites (tertiary alicyclic amines) is 1. The maximum atomic E-state index is 14.5. The molecule has 5 atom stereocenters. The number of nitrogens with one attached hydrogen (secondary N) is 4. The molecule has 1 aromatic carbocycles. The summed E-state index contributed by atoms with van der Waals surface area (Å²) in [4.78, 5) is 74.1. The quantitative estimate of drug-likeness (QED) is 0.135. The molecule has 0 radical (unpaired) electrons. The van der Waals surface area contributed by atoms with Crippen LogP contribution in [0.3, 0.4) is 0 Å². The highest BCUT2D eigenvalue weighted by Gasteiger charge is 2.62. The van der Waals surface area contributed by atoms with Crippen LogP contribution in [0.4, 0.5) is 4.79 Å². The predicted octanol–water partition coefficient (Wildman–Crippen LogP) is 4.22. The second kappa shape index (κ2) is 17.3. The van der Waals surface area contributed by atoms with Crippen LogP contribution in [-0.4, -0.2) is 102 Å². The van der Waals surface area contributed by atoms with Gasteiger partial charge in [0.15, 0.2) is 0 Å². The van der Waals surface area contributed by atoms with Crippen molar-refractivity contribution in [1.29, 1.82) is 0 Å². The maximum absolute atomic E-state index is 14.5. The van der Waals surface area contributed by atoms with Gasteiger partial charge in [0.1, 0.15) is 29.5 Å². The van der Waals surface area contributed by atoms with Gasteiger partial charge in [0.05, 0.1) is 24.8 Å². The van der Waals surface area contributed by atoms with Crippen LogP contribution in [0.1, 0.15) is 94.9 Å². The summed E-state index contributed by atoms with van der Waals surface area (Å²) in [6.45, 7) is 21.7. The summed E-state index contributed by atoms with van der Waals surface area (Å²) in [5, 5.41) is 9.85. The number of rotatable bonds is 12. The van der Waals surface area contributed by atoms with Gasteiger partial charge in [-0.1, -0.05) is 26.8 Å². The minimum Gasteiger partial charge on any atom is -0.497 e. The first-order chi connectivity index (χ1) is 27.1. The molecule has 5 amide bonds. The van der Waals surface area contributed by atoms with Crippen molar-refractivity contribution in [3.63, 3.8) is 0 Å². The summed E-state index contributed by atoms with van der Waals surface area (Å²) in [5.41, 5.74) is -4.15. The molecule has 4 N–H and O–H groups in total. The Morgan fingerprint density at radius 3 is 2.24 bits per heavy atom. The minimum atomic E-state index is -4.48. The number of isocyanates is 1. The highest BCUT2D eigenvalue weighted by Crippen LogP contribution is 2.46. The van der Waals surface area contributed by atoms with Crippen molar-refractivity contribution in [3.8, 4) is 11.6 Å². The Morgan fingerprint density at radius 2 is 1.73 bits per heavy atom. The van der Waals surface area contributed by atoms with Crippen LogP contribution in [0.2, 0.25) is 0 Å². The van der Waals surface area contributed by atoms with E-state index >= 15 is 0 Å². The zero-order valence-corrected chi connectivity index (χ0v) is 36.7. The molecule has 2 heterocycles. The van der Waals surface area contributed by atoms with Gasteiger partial charge in [0.25, 0.3) is 5.91 Å². The first-order valence-corrected chi connectivity index (χ1v) is 20.9. The average molecular weight is 842 g/mol. The number of ether oxygens (including phenoxy) is 2. The molecule has 2 aliphatic carbocycles. The largest absolute Gasteiger partial charge is 0.497 e.